The van der Waals surface area contributed by atoms with Crippen LogP contribution in [0.15, 0.2) is 0 Å². The number of unbranched alkanes of at least 4 members (excludes halogenated alkanes) is 1. The summed E-state index contributed by atoms with van der Waals surface area (Å²) in [5.74, 6) is 0.296. The summed E-state index contributed by atoms with van der Waals surface area (Å²) in [5.41, 5.74) is 0. The molecule has 1 fully saturated rings. The number of nitrogens with zero attached hydrogens (tertiary/aromatic N) is 2. The number of amides is 1. The molecule has 0 radical (unpaired) electrons. The Morgan fingerprint density at radius 2 is 1.94 bits per heavy atom. The Morgan fingerprint density at radius 3 is 2.47 bits per heavy atom. The van der Waals surface area contributed by atoms with Gasteiger partial charge >= 0.3 is 0 Å². The van der Waals surface area contributed by atoms with Crippen LogP contribution in [0.4, 0.5) is 0 Å². The summed E-state index contributed by atoms with van der Waals surface area (Å²) in [6, 6.07) is 0.0498. The normalized spacial score (nSPS) is 25.0. The zero-order valence-corrected chi connectivity index (χ0v) is 11.7. The molecule has 0 aliphatic carbocycles. The molecule has 0 aromatic heterocycles. The molecule has 4 nitrogen and oxygen atoms in total. The first-order valence-corrected chi connectivity index (χ1v) is 6.81. The van der Waals surface area contributed by atoms with Crippen molar-refractivity contribution in [2.24, 2.45) is 0 Å². The number of hydrogen-bond acceptors (Lipinski definition) is 3. The van der Waals surface area contributed by atoms with E-state index in [-0.39, 0.29) is 12.2 Å². The monoisotopic (exact) mass is 241 g/mol. The van der Waals surface area contributed by atoms with Gasteiger partial charge in [-0.3, -0.25) is 10.1 Å². The summed E-state index contributed by atoms with van der Waals surface area (Å²) in [7, 11) is 4.18. The maximum atomic E-state index is 12.1. The highest BCUT2D eigenvalue weighted by atomic mass is 16.2. The molecule has 4 heteroatoms. The lowest BCUT2D eigenvalue weighted by Gasteiger charge is -2.23. The van der Waals surface area contributed by atoms with Crippen molar-refractivity contribution >= 4 is 5.91 Å². The summed E-state index contributed by atoms with van der Waals surface area (Å²) in [6.07, 6.45) is 4.40. The fourth-order valence-electron chi connectivity index (χ4n) is 2.35. The molecule has 2 atom stereocenters. The van der Waals surface area contributed by atoms with Crippen LogP contribution in [-0.4, -0.2) is 55.1 Å². The topological polar surface area (TPSA) is 35.6 Å². The van der Waals surface area contributed by atoms with Gasteiger partial charge in [-0.2, -0.15) is 0 Å². The van der Waals surface area contributed by atoms with Gasteiger partial charge in [-0.25, -0.2) is 0 Å². The third-order valence-electron chi connectivity index (χ3n) is 3.40. The maximum Gasteiger partial charge on any atom is 0.241 e. The fourth-order valence-corrected chi connectivity index (χ4v) is 2.35. The van der Waals surface area contributed by atoms with E-state index in [1.54, 1.807) is 0 Å². The Bertz CT molecular complexity index is 243. The van der Waals surface area contributed by atoms with E-state index in [1.807, 2.05) is 4.90 Å². The minimum atomic E-state index is 0.0498. The molecular weight excluding hydrogens is 214 g/mol. The van der Waals surface area contributed by atoms with Crippen LogP contribution in [0, 0.1) is 0 Å². The Hall–Kier alpha value is -0.610. The number of carbonyl (C=O) groups is 1. The minimum absolute atomic E-state index is 0.0498. The molecule has 0 aromatic rings. The van der Waals surface area contributed by atoms with Crippen LogP contribution >= 0.6 is 0 Å². The second kappa shape index (κ2) is 6.97. The minimum Gasteiger partial charge on any atom is -0.326 e. The quantitative estimate of drug-likeness (QED) is 0.682. The Kier molecular flexibility index (Phi) is 5.92. The van der Waals surface area contributed by atoms with Crippen LogP contribution in [0.3, 0.4) is 0 Å². The van der Waals surface area contributed by atoms with Gasteiger partial charge in [0.1, 0.15) is 0 Å². The van der Waals surface area contributed by atoms with E-state index in [0.29, 0.717) is 5.91 Å². The predicted molar refractivity (Wildman–Crippen MR) is 70.8 cm³/mol. The highest BCUT2D eigenvalue weighted by molar-refractivity contribution is 5.84. The molecule has 0 spiro atoms. The molecule has 100 valence electrons. The van der Waals surface area contributed by atoms with E-state index in [1.165, 1.54) is 0 Å². The van der Waals surface area contributed by atoms with Gasteiger partial charge in [-0.1, -0.05) is 13.8 Å². The number of rotatable bonds is 7. The van der Waals surface area contributed by atoms with Gasteiger partial charge in [-0.15, -0.1) is 0 Å². The second-order valence-corrected chi connectivity index (χ2v) is 5.09. The van der Waals surface area contributed by atoms with Gasteiger partial charge in [0.2, 0.25) is 5.91 Å². The van der Waals surface area contributed by atoms with Crippen molar-refractivity contribution in [1.29, 1.82) is 0 Å². The first-order chi connectivity index (χ1) is 8.10. The summed E-state index contributed by atoms with van der Waals surface area (Å²) in [4.78, 5) is 16.3. The fraction of sp³-hybridized carbons (Fsp3) is 0.923. The average molecular weight is 241 g/mol. The van der Waals surface area contributed by atoms with Gasteiger partial charge in [-0.05, 0) is 46.3 Å². The predicted octanol–water partition coefficient (Wildman–Crippen LogP) is 1.27. The Morgan fingerprint density at radius 1 is 1.24 bits per heavy atom. The number of hydrogen-bond donors (Lipinski definition) is 1. The summed E-state index contributed by atoms with van der Waals surface area (Å²) >= 11 is 0. The lowest BCUT2D eigenvalue weighted by molar-refractivity contribution is -0.130. The van der Waals surface area contributed by atoms with Crippen LogP contribution < -0.4 is 5.32 Å². The maximum absolute atomic E-state index is 12.1. The van der Waals surface area contributed by atoms with Crippen LogP contribution in [0.2, 0.25) is 0 Å². The molecule has 1 amide bonds. The Labute approximate surface area is 105 Å². The van der Waals surface area contributed by atoms with Crippen molar-refractivity contribution in [1.82, 2.24) is 15.1 Å². The van der Waals surface area contributed by atoms with Crippen LogP contribution in [0.1, 0.15) is 39.5 Å². The summed E-state index contributed by atoms with van der Waals surface area (Å²) in [6.45, 7) is 6.20. The zero-order chi connectivity index (χ0) is 12.8. The smallest absolute Gasteiger partial charge is 0.241 e. The second-order valence-electron chi connectivity index (χ2n) is 5.09. The van der Waals surface area contributed by atoms with Crippen LogP contribution in [0.25, 0.3) is 0 Å². The van der Waals surface area contributed by atoms with E-state index >= 15 is 0 Å². The first kappa shape index (κ1) is 14.5. The molecule has 2 unspecified atom stereocenters. The lowest BCUT2D eigenvalue weighted by atomic mass is 10.2. The zero-order valence-electron chi connectivity index (χ0n) is 11.7. The van der Waals surface area contributed by atoms with Crippen molar-refractivity contribution < 1.29 is 4.79 Å². The molecule has 1 rings (SSSR count). The van der Waals surface area contributed by atoms with E-state index in [9.17, 15) is 4.79 Å². The van der Waals surface area contributed by atoms with Crippen molar-refractivity contribution in [2.45, 2.75) is 51.7 Å². The molecule has 1 saturated heterocycles. The van der Waals surface area contributed by atoms with E-state index in [4.69, 9.17) is 0 Å². The van der Waals surface area contributed by atoms with Gasteiger partial charge in [0.15, 0.2) is 0 Å². The average Bonchev–Trinajstić information content (AvgIpc) is 2.61. The van der Waals surface area contributed by atoms with Crippen molar-refractivity contribution in [2.75, 3.05) is 27.2 Å². The summed E-state index contributed by atoms with van der Waals surface area (Å²) < 4.78 is 0. The van der Waals surface area contributed by atoms with Crippen LogP contribution in [0.5, 0.6) is 0 Å². The third-order valence-corrected chi connectivity index (χ3v) is 3.40. The van der Waals surface area contributed by atoms with E-state index < -0.39 is 0 Å². The summed E-state index contributed by atoms with van der Waals surface area (Å²) in [5, 5.41) is 3.41. The molecule has 1 aliphatic rings. The third kappa shape index (κ3) is 3.96. The standard InChI is InChI=1S/C13H27N3O/c1-5-11-13(17)16(12(6-2)14-11)10-8-7-9-15(3)4/h11-12,14H,5-10H2,1-4H3. The Balaban J connectivity index is 2.37. The molecular formula is C13H27N3O. The van der Waals surface area contributed by atoms with Crippen molar-refractivity contribution in [3.63, 3.8) is 0 Å². The van der Waals surface area contributed by atoms with Gasteiger partial charge in [0, 0.05) is 6.54 Å². The molecule has 0 bridgehead atoms. The van der Waals surface area contributed by atoms with E-state index in [0.717, 1.165) is 38.8 Å². The number of nitrogens with one attached hydrogen (secondary N) is 1. The van der Waals surface area contributed by atoms with Gasteiger partial charge < -0.3 is 9.80 Å². The van der Waals surface area contributed by atoms with E-state index in [2.05, 4.69) is 38.2 Å². The molecule has 1 heterocycles. The van der Waals surface area contributed by atoms with Gasteiger partial charge in [0.05, 0.1) is 12.2 Å². The largest absolute Gasteiger partial charge is 0.326 e. The first-order valence-electron chi connectivity index (χ1n) is 6.81. The number of carbonyl (C=O) groups excluding carboxylic acids is 1. The van der Waals surface area contributed by atoms with Gasteiger partial charge in [0.25, 0.3) is 0 Å². The molecule has 17 heavy (non-hydrogen) atoms. The lowest BCUT2D eigenvalue weighted by Crippen LogP contribution is -2.37. The molecule has 1 N–H and O–H groups in total. The molecule has 1 aliphatic heterocycles. The SMILES string of the molecule is CCC1NC(CC)N(CCCCN(C)C)C1=O. The van der Waals surface area contributed by atoms with Crippen molar-refractivity contribution in [3.05, 3.63) is 0 Å². The highest BCUT2D eigenvalue weighted by Gasteiger charge is 2.35. The van der Waals surface area contributed by atoms with Crippen molar-refractivity contribution in [3.8, 4) is 0 Å². The van der Waals surface area contributed by atoms with Crippen LogP contribution in [-0.2, 0) is 4.79 Å². The molecule has 0 aromatic carbocycles. The molecule has 0 saturated carbocycles. The highest BCUT2D eigenvalue weighted by Crippen LogP contribution is 2.16.